The van der Waals surface area contributed by atoms with Crippen molar-refractivity contribution in [2.45, 2.75) is 19.3 Å². The highest BCUT2D eigenvalue weighted by atomic mass is 19.4. The van der Waals surface area contributed by atoms with E-state index < -0.39 is 17.6 Å². The van der Waals surface area contributed by atoms with Crippen molar-refractivity contribution in [1.82, 2.24) is 19.7 Å². The molecule has 52 heavy (non-hydrogen) atoms. The van der Waals surface area contributed by atoms with Gasteiger partial charge in [0, 0.05) is 76.7 Å². The van der Waals surface area contributed by atoms with Crippen LogP contribution >= 0.6 is 0 Å². The largest absolute Gasteiger partial charge is 0.454 e. The molecule has 3 aromatic carbocycles. The zero-order valence-electron chi connectivity index (χ0n) is 28.6. The summed E-state index contributed by atoms with van der Waals surface area (Å²) >= 11 is 0. The molecule has 2 N–H and O–H groups in total. The van der Waals surface area contributed by atoms with Gasteiger partial charge in [-0.25, -0.2) is 4.98 Å². The van der Waals surface area contributed by atoms with Crippen LogP contribution in [-0.4, -0.2) is 97.2 Å². The third-order valence-corrected chi connectivity index (χ3v) is 9.57. The highest BCUT2D eigenvalue weighted by Crippen LogP contribution is 2.33. The van der Waals surface area contributed by atoms with Crippen LogP contribution in [0.3, 0.4) is 0 Å². The summed E-state index contributed by atoms with van der Waals surface area (Å²) in [6.45, 7) is 8.60. The van der Waals surface area contributed by atoms with Crippen LogP contribution in [0.4, 0.5) is 30.4 Å². The van der Waals surface area contributed by atoms with Crippen molar-refractivity contribution < 1.29 is 32.2 Å². The lowest BCUT2D eigenvalue weighted by molar-refractivity contribution is -0.137. The molecule has 14 heteroatoms. The minimum atomic E-state index is -4.46. The molecule has 0 spiro atoms. The van der Waals surface area contributed by atoms with Crippen LogP contribution in [0.1, 0.15) is 27.0 Å². The van der Waals surface area contributed by atoms with Gasteiger partial charge in [0.05, 0.1) is 24.0 Å². The summed E-state index contributed by atoms with van der Waals surface area (Å²) in [5, 5.41) is 5.92. The van der Waals surface area contributed by atoms with Gasteiger partial charge < -0.3 is 29.9 Å². The van der Waals surface area contributed by atoms with Crippen LogP contribution < -0.4 is 25.0 Å². The summed E-state index contributed by atoms with van der Waals surface area (Å²) in [5.41, 5.74) is 3.13. The summed E-state index contributed by atoms with van der Waals surface area (Å²) in [6, 6.07) is 21.9. The van der Waals surface area contributed by atoms with Crippen LogP contribution in [0.15, 0.2) is 85.1 Å². The molecule has 2 amide bonds. The number of ether oxygens (including phenoxy) is 2. The third-order valence-electron chi connectivity index (χ3n) is 9.57. The lowest BCUT2D eigenvalue weighted by atomic mass is 10.1. The summed E-state index contributed by atoms with van der Waals surface area (Å²) in [7, 11) is 0. The predicted octanol–water partition coefficient (Wildman–Crippen LogP) is 5.16. The lowest BCUT2D eigenvalue weighted by Crippen LogP contribution is -2.53. The van der Waals surface area contributed by atoms with Gasteiger partial charge in [0.1, 0.15) is 5.82 Å². The second-order valence-corrected chi connectivity index (χ2v) is 13.1. The Kier molecular flexibility index (Phi) is 10.5. The minimum absolute atomic E-state index is 0.117. The zero-order chi connectivity index (χ0) is 36.1. The summed E-state index contributed by atoms with van der Waals surface area (Å²) in [4.78, 5) is 38.9. The molecule has 11 nitrogen and oxygen atoms in total. The molecule has 2 saturated heterocycles. The van der Waals surface area contributed by atoms with Gasteiger partial charge in [-0.3, -0.25) is 19.4 Å². The molecule has 4 aromatic rings. The molecule has 0 bridgehead atoms. The molecule has 0 saturated carbocycles. The van der Waals surface area contributed by atoms with Crippen molar-refractivity contribution in [1.29, 1.82) is 0 Å². The lowest BCUT2D eigenvalue weighted by Gasteiger charge is -2.38. The Labute approximate surface area is 299 Å². The number of alkyl halides is 3. The Bertz CT molecular complexity index is 1840. The number of fused-ring (bicyclic) bond motifs is 1. The number of hydrogen-bond acceptors (Lipinski definition) is 9. The number of carbonyl (C=O) groups is 2. The number of aromatic nitrogens is 1. The van der Waals surface area contributed by atoms with Gasteiger partial charge in [-0.05, 0) is 71.8 Å². The Hall–Kier alpha value is -5.34. The monoisotopic (exact) mass is 715 g/mol. The fourth-order valence-corrected chi connectivity index (χ4v) is 6.51. The van der Waals surface area contributed by atoms with Gasteiger partial charge in [0.25, 0.3) is 5.91 Å². The average molecular weight is 716 g/mol. The predicted molar refractivity (Wildman–Crippen MR) is 190 cm³/mol. The van der Waals surface area contributed by atoms with Gasteiger partial charge in [-0.15, -0.1) is 0 Å². The highest BCUT2D eigenvalue weighted by molar-refractivity contribution is 6.04. The molecular formula is C38H40F3N7O4. The maximum absolute atomic E-state index is 13.1. The topological polar surface area (TPSA) is 103 Å². The summed E-state index contributed by atoms with van der Waals surface area (Å²) in [6.07, 6.45) is -2.97. The number of pyridine rings is 1. The van der Waals surface area contributed by atoms with E-state index in [0.29, 0.717) is 24.6 Å². The zero-order valence-corrected chi connectivity index (χ0v) is 28.6. The van der Waals surface area contributed by atoms with E-state index in [2.05, 4.69) is 60.6 Å². The van der Waals surface area contributed by atoms with E-state index in [-0.39, 0.29) is 18.3 Å². The summed E-state index contributed by atoms with van der Waals surface area (Å²) < 4.78 is 49.3. The Morgan fingerprint density at radius 2 is 1.44 bits per heavy atom. The van der Waals surface area contributed by atoms with Crippen LogP contribution in [0.25, 0.3) is 0 Å². The molecule has 7 rings (SSSR count). The standard InChI is InChI=1S/C38H40F3N7O4/c39-38(40,41)30-6-4-29(5-7-30)37(50)44-31-8-12-35(43-23-31)42-22-27-1-9-32(10-2-27)47-17-13-46(14-18-47)25-36(49)48-19-15-45(16-20-48)24-28-3-11-33-34(21-28)52-26-51-33/h1-12,21,23H,13-20,22,24-26H2,(H,42,43)(H,44,50). The number of rotatable bonds is 10. The first-order chi connectivity index (χ1) is 25.2. The Balaban J connectivity index is 0.800. The number of benzene rings is 3. The second kappa shape index (κ2) is 15.5. The van der Waals surface area contributed by atoms with Gasteiger partial charge in [0.2, 0.25) is 12.7 Å². The van der Waals surface area contributed by atoms with Crippen LogP contribution in [0, 0.1) is 0 Å². The molecule has 272 valence electrons. The van der Waals surface area contributed by atoms with Crippen LogP contribution in [0.2, 0.25) is 0 Å². The third kappa shape index (κ3) is 8.75. The van der Waals surface area contributed by atoms with Crippen molar-refractivity contribution in [3.63, 3.8) is 0 Å². The summed E-state index contributed by atoms with van der Waals surface area (Å²) in [5.74, 6) is 1.88. The molecular weight excluding hydrogens is 675 g/mol. The maximum Gasteiger partial charge on any atom is 0.416 e. The van der Waals surface area contributed by atoms with Crippen molar-refractivity contribution in [2.24, 2.45) is 0 Å². The van der Waals surface area contributed by atoms with E-state index >= 15 is 0 Å². The van der Waals surface area contributed by atoms with Gasteiger partial charge in [-0.2, -0.15) is 13.2 Å². The van der Waals surface area contributed by atoms with Crippen LogP contribution in [-0.2, 0) is 24.1 Å². The second-order valence-electron chi connectivity index (χ2n) is 13.1. The number of hydrogen-bond donors (Lipinski definition) is 2. The van der Waals surface area contributed by atoms with Crippen molar-refractivity contribution in [3.8, 4) is 11.5 Å². The molecule has 1 aromatic heterocycles. The minimum Gasteiger partial charge on any atom is -0.454 e. The number of amides is 2. The van der Waals surface area contributed by atoms with E-state index in [0.717, 1.165) is 106 Å². The number of carbonyl (C=O) groups excluding carboxylic acids is 2. The number of anilines is 3. The van der Waals surface area contributed by atoms with Crippen LogP contribution in [0.5, 0.6) is 11.5 Å². The van der Waals surface area contributed by atoms with Gasteiger partial charge >= 0.3 is 6.18 Å². The van der Waals surface area contributed by atoms with E-state index in [1.165, 1.54) is 11.8 Å². The van der Waals surface area contributed by atoms with Crippen molar-refractivity contribution in [3.05, 3.63) is 107 Å². The molecule has 2 fully saturated rings. The fourth-order valence-electron chi connectivity index (χ4n) is 6.51. The van der Waals surface area contributed by atoms with E-state index in [4.69, 9.17) is 9.47 Å². The molecule has 0 radical (unpaired) electrons. The SMILES string of the molecule is O=C(Nc1ccc(NCc2ccc(N3CCN(CC(=O)N4CCN(Cc5ccc6c(c5)OCO6)CC4)CC3)cc2)nc1)c1ccc(C(F)(F)F)cc1. The normalized spacial score (nSPS) is 16.5. The van der Waals surface area contributed by atoms with E-state index in [1.807, 2.05) is 17.0 Å². The first kappa shape index (κ1) is 35.1. The molecule has 0 atom stereocenters. The highest BCUT2D eigenvalue weighted by Gasteiger charge is 2.30. The number of nitrogens with one attached hydrogen (secondary N) is 2. The molecule has 0 unspecified atom stereocenters. The number of halogens is 3. The molecule has 3 aliphatic rings. The average Bonchev–Trinajstić information content (AvgIpc) is 3.63. The quantitative estimate of drug-likeness (QED) is 0.231. The first-order valence-electron chi connectivity index (χ1n) is 17.3. The Morgan fingerprint density at radius 1 is 0.750 bits per heavy atom. The molecule has 3 aliphatic heterocycles. The van der Waals surface area contributed by atoms with E-state index in [9.17, 15) is 22.8 Å². The number of piperazine rings is 2. The first-order valence-corrected chi connectivity index (χ1v) is 17.3. The molecule has 4 heterocycles. The fraction of sp³-hybridized carbons (Fsp3) is 0.342. The smallest absolute Gasteiger partial charge is 0.416 e. The maximum atomic E-state index is 13.1. The number of nitrogens with zero attached hydrogens (tertiary/aromatic N) is 5. The van der Waals surface area contributed by atoms with Crippen molar-refractivity contribution in [2.75, 3.05) is 81.2 Å². The molecule has 0 aliphatic carbocycles. The van der Waals surface area contributed by atoms with Gasteiger partial charge in [-0.1, -0.05) is 18.2 Å². The Morgan fingerprint density at radius 3 is 2.13 bits per heavy atom. The van der Waals surface area contributed by atoms with Crippen molar-refractivity contribution >= 4 is 29.0 Å². The van der Waals surface area contributed by atoms with Gasteiger partial charge in [0.15, 0.2) is 11.5 Å². The van der Waals surface area contributed by atoms with E-state index in [1.54, 1.807) is 12.1 Å².